The van der Waals surface area contributed by atoms with Crippen LogP contribution in [0.3, 0.4) is 0 Å². The highest BCUT2D eigenvalue weighted by Crippen LogP contribution is 2.58. The van der Waals surface area contributed by atoms with E-state index < -0.39 is 0 Å². The van der Waals surface area contributed by atoms with E-state index in [4.69, 9.17) is 4.42 Å². The van der Waals surface area contributed by atoms with Crippen LogP contribution in [0.15, 0.2) is 4.42 Å². The second-order valence-corrected chi connectivity index (χ2v) is 5.24. The van der Waals surface area contributed by atoms with Crippen LogP contribution in [0.4, 0.5) is 0 Å². The molecule has 1 saturated carbocycles. The minimum Gasteiger partial charge on any atom is -0.423 e. The summed E-state index contributed by atoms with van der Waals surface area (Å²) in [6.45, 7) is 9.61. The van der Waals surface area contributed by atoms with Crippen LogP contribution in [0.5, 0.6) is 0 Å². The van der Waals surface area contributed by atoms with E-state index in [1.165, 1.54) is 0 Å². The zero-order chi connectivity index (χ0) is 11.8. The third-order valence-corrected chi connectivity index (χ3v) is 3.42. The second-order valence-electron chi connectivity index (χ2n) is 5.24. The molecule has 1 heterocycles. The first-order valence-electron chi connectivity index (χ1n) is 6.15. The number of nitrogens with zero attached hydrogens (tertiary/aromatic N) is 2. The predicted octanol–water partition coefficient (Wildman–Crippen LogP) is 2.64. The molecule has 4 heteroatoms. The average molecular weight is 223 g/mol. The van der Waals surface area contributed by atoms with Crippen molar-refractivity contribution in [2.75, 3.05) is 6.54 Å². The summed E-state index contributed by atoms with van der Waals surface area (Å²) in [6.07, 6.45) is 2.14. The Bertz CT molecular complexity index is 359. The molecule has 2 atom stereocenters. The SMILES string of the molecule is CCNC(CC)c1nnc(C2CC2(C)C)o1. The molecule has 1 aromatic heterocycles. The molecule has 0 aromatic carbocycles. The van der Waals surface area contributed by atoms with Gasteiger partial charge in [0.1, 0.15) is 0 Å². The Balaban J connectivity index is 2.07. The van der Waals surface area contributed by atoms with Crippen molar-refractivity contribution in [2.24, 2.45) is 5.41 Å². The van der Waals surface area contributed by atoms with Crippen molar-refractivity contribution in [1.82, 2.24) is 15.5 Å². The van der Waals surface area contributed by atoms with Crippen LogP contribution in [-0.4, -0.2) is 16.7 Å². The molecule has 1 aliphatic rings. The third kappa shape index (κ3) is 2.12. The van der Waals surface area contributed by atoms with Crippen LogP contribution in [0.25, 0.3) is 0 Å². The summed E-state index contributed by atoms with van der Waals surface area (Å²) in [5.74, 6) is 2.02. The summed E-state index contributed by atoms with van der Waals surface area (Å²) < 4.78 is 5.76. The molecule has 2 rings (SSSR count). The Morgan fingerprint density at radius 2 is 2.12 bits per heavy atom. The van der Waals surface area contributed by atoms with Crippen molar-refractivity contribution in [1.29, 1.82) is 0 Å². The number of nitrogens with one attached hydrogen (secondary N) is 1. The van der Waals surface area contributed by atoms with Gasteiger partial charge in [0, 0.05) is 5.92 Å². The summed E-state index contributed by atoms with van der Waals surface area (Å²) in [5.41, 5.74) is 0.351. The van der Waals surface area contributed by atoms with E-state index in [1.54, 1.807) is 0 Å². The van der Waals surface area contributed by atoms with Crippen LogP contribution >= 0.6 is 0 Å². The summed E-state index contributed by atoms with van der Waals surface area (Å²) in [4.78, 5) is 0. The van der Waals surface area contributed by atoms with Crippen LogP contribution in [0, 0.1) is 5.41 Å². The van der Waals surface area contributed by atoms with Crippen molar-refractivity contribution >= 4 is 0 Å². The highest BCUT2D eigenvalue weighted by atomic mass is 16.4. The van der Waals surface area contributed by atoms with E-state index in [-0.39, 0.29) is 6.04 Å². The Morgan fingerprint density at radius 3 is 2.62 bits per heavy atom. The lowest BCUT2D eigenvalue weighted by Gasteiger charge is -2.10. The number of rotatable bonds is 5. The molecular formula is C12H21N3O. The Morgan fingerprint density at radius 1 is 1.44 bits per heavy atom. The van der Waals surface area contributed by atoms with Gasteiger partial charge in [0.15, 0.2) is 0 Å². The standard InChI is InChI=1S/C12H21N3O/c1-5-9(13-6-2)11-15-14-10(16-11)8-7-12(8,3)4/h8-9,13H,5-7H2,1-4H3. The minimum atomic E-state index is 0.202. The Labute approximate surface area is 96.8 Å². The Hall–Kier alpha value is -0.900. The first kappa shape index (κ1) is 11.6. The molecule has 1 aromatic rings. The molecule has 4 nitrogen and oxygen atoms in total. The molecule has 0 saturated heterocycles. The van der Waals surface area contributed by atoms with Crippen molar-refractivity contribution in [2.45, 2.75) is 52.5 Å². The highest BCUT2D eigenvalue weighted by Gasteiger charge is 2.50. The van der Waals surface area contributed by atoms with Crippen LogP contribution in [-0.2, 0) is 0 Å². The van der Waals surface area contributed by atoms with E-state index in [9.17, 15) is 0 Å². The fourth-order valence-electron chi connectivity index (χ4n) is 2.07. The van der Waals surface area contributed by atoms with E-state index in [0.29, 0.717) is 11.3 Å². The monoisotopic (exact) mass is 223 g/mol. The van der Waals surface area contributed by atoms with E-state index in [0.717, 1.165) is 31.2 Å². The zero-order valence-corrected chi connectivity index (χ0v) is 10.6. The molecule has 0 bridgehead atoms. The first-order valence-corrected chi connectivity index (χ1v) is 6.15. The molecule has 1 fully saturated rings. The number of hydrogen-bond donors (Lipinski definition) is 1. The third-order valence-electron chi connectivity index (χ3n) is 3.42. The molecule has 0 amide bonds. The first-order chi connectivity index (χ1) is 7.58. The van der Waals surface area contributed by atoms with Crippen LogP contribution in [0.1, 0.15) is 64.3 Å². The maximum absolute atomic E-state index is 5.76. The van der Waals surface area contributed by atoms with Gasteiger partial charge in [-0.2, -0.15) is 0 Å². The van der Waals surface area contributed by atoms with Crippen molar-refractivity contribution in [3.63, 3.8) is 0 Å². The van der Waals surface area contributed by atoms with E-state index >= 15 is 0 Å². The lowest BCUT2D eigenvalue weighted by atomic mass is 10.1. The van der Waals surface area contributed by atoms with Crippen LogP contribution in [0.2, 0.25) is 0 Å². The van der Waals surface area contributed by atoms with Gasteiger partial charge in [-0.25, -0.2) is 0 Å². The molecule has 16 heavy (non-hydrogen) atoms. The van der Waals surface area contributed by atoms with E-state index in [2.05, 4.69) is 43.2 Å². The Kier molecular flexibility index (Phi) is 3.02. The summed E-state index contributed by atoms with van der Waals surface area (Å²) in [5, 5.41) is 11.7. The lowest BCUT2D eigenvalue weighted by molar-refractivity contribution is 0.370. The maximum Gasteiger partial charge on any atom is 0.233 e. The fraction of sp³-hybridized carbons (Fsp3) is 0.833. The van der Waals surface area contributed by atoms with Gasteiger partial charge in [-0.3, -0.25) is 0 Å². The topological polar surface area (TPSA) is 51.0 Å². The van der Waals surface area contributed by atoms with Gasteiger partial charge in [0.2, 0.25) is 11.8 Å². The van der Waals surface area contributed by atoms with Gasteiger partial charge in [-0.1, -0.05) is 27.7 Å². The zero-order valence-electron chi connectivity index (χ0n) is 10.6. The van der Waals surface area contributed by atoms with E-state index in [1.807, 2.05) is 0 Å². The molecule has 0 radical (unpaired) electrons. The van der Waals surface area contributed by atoms with Gasteiger partial charge in [-0.15, -0.1) is 10.2 Å². The number of aromatic nitrogens is 2. The molecule has 1 aliphatic carbocycles. The smallest absolute Gasteiger partial charge is 0.233 e. The van der Waals surface area contributed by atoms with Crippen LogP contribution < -0.4 is 5.32 Å². The van der Waals surface area contributed by atoms with Gasteiger partial charge < -0.3 is 9.73 Å². The fourth-order valence-corrected chi connectivity index (χ4v) is 2.07. The maximum atomic E-state index is 5.76. The van der Waals surface area contributed by atoms with Gasteiger partial charge in [-0.05, 0) is 24.8 Å². The lowest BCUT2D eigenvalue weighted by Crippen LogP contribution is -2.20. The molecule has 0 aliphatic heterocycles. The summed E-state index contributed by atoms with van der Waals surface area (Å²) in [6, 6.07) is 0.202. The molecule has 2 unspecified atom stereocenters. The number of hydrogen-bond acceptors (Lipinski definition) is 4. The molecule has 90 valence electrons. The summed E-state index contributed by atoms with van der Waals surface area (Å²) >= 11 is 0. The predicted molar refractivity (Wildman–Crippen MR) is 62.1 cm³/mol. The van der Waals surface area contributed by atoms with Gasteiger partial charge >= 0.3 is 0 Å². The molecule has 0 spiro atoms. The van der Waals surface area contributed by atoms with Crippen molar-refractivity contribution in [3.05, 3.63) is 11.8 Å². The highest BCUT2D eigenvalue weighted by molar-refractivity contribution is 5.12. The quantitative estimate of drug-likeness (QED) is 0.833. The minimum absolute atomic E-state index is 0.202. The average Bonchev–Trinajstić information content (AvgIpc) is 2.69. The normalized spacial score (nSPS) is 24.4. The second kappa shape index (κ2) is 4.17. The molecular weight excluding hydrogens is 202 g/mol. The van der Waals surface area contributed by atoms with Gasteiger partial charge in [0.05, 0.1) is 6.04 Å². The van der Waals surface area contributed by atoms with Crippen molar-refractivity contribution in [3.8, 4) is 0 Å². The largest absolute Gasteiger partial charge is 0.423 e. The summed E-state index contributed by atoms with van der Waals surface area (Å²) in [7, 11) is 0. The van der Waals surface area contributed by atoms with Crippen molar-refractivity contribution < 1.29 is 4.42 Å². The molecule has 1 N–H and O–H groups in total. The van der Waals surface area contributed by atoms with Gasteiger partial charge in [0.25, 0.3) is 0 Å².